The Morgan fingerprint density at radius 2 is 1.96 bits per heavy atom. The molecule has 2 heterocycles. The monoisotopic (exact) mass is 399 g/mol. The number of carbonyl (C=O) groups is 2. The van der Waals surface area contributed by atoms with Crippen LogP contribution in [0.5, 0.6) is 5.75 Å². The molecule has 0 spiro atoms. The molecule has 0 radical (unpaired) electrons. The summed E-state index contributed by atoms with van der Waals surface area (Å²) in [7, 11) is 1.84. The van der Waals surface area contributed by atoms with E-state index in [2.05, 4.69) is 10.1 Å². The fourth-order valence-corrected chi connectivity index (χ4v) is 3.31. The normalized spacial score (nSPS) is 10.6. The summed E-state index contributed by atoms with van der Waals surface area (Å²) in [4.78, 5) is 28.6. The SMILES string of the molecule is CCOc1ccc(C(=O)CCC(=O)OCc2csc(-c3cnn(C)c3)n2)cc1. The molecule has 0 bridgehead atoms. The average Bonchev–Trinajstić information content (AvgIpc) is 3.34. The van der Waals surface area contributed by atoms with Gasteiger partial charge in [-0.3, -0.25) is 14.3 Å². The average molecular weight is 399 g/mol. The van der Waals surface area contributed by atoms with Gasteiger partial charge >= 0.3 is 5.97 Å². The summed E-state index contributed by atoms with van der Waals surface area (Å²) in [6.07, 6.45) is 3.75. The van der Waals surface area contributed by atoms with Crippen LogP contribution < -0.4 is 4.74 Å². The summed E-state index contributed by atoms with van der Waals surface area (Å²) in [5.74, 6) is 0.190. The number of Topliss-reactive ketones (excluding diaryl/α,β-unsaturated/α-hetero) is 1. The van der Waals surface area contributed by atoms with Crippen LogP contribution in [-0.2, 0) is 23.2 Å². The molecule has 1 aromatic carbocycles. The summed E-state index contributed by atoms with van der Waals surface area (Å²) >= 11 is 1.47. The largest absolute Gasteiger partial charge is 0.494 e. The first-order chi connectivity index (χ1) is 13.5. The third-order valence-corrected chi connectivity index (χ3v) is 4.87. The van der Waals surface area contributed by atoms with Crippen LogP contribution in [0.1, 0.15) is 35.8 Å². The molecule has 8 heteroatoms. The first-order valence-electron chi connectivity index (χ1n) is 8.90. The van der Waals surface area contributed by atoms with Gasteiger partial charge in [0.05, 0.1) is 24.9 Å². The molecule has 2 aromatic heterocycles. The molecule has 3 rings (SSSR count). The number of nitrogens with zero attached hydrogens (tertiary/aromatic N) is 3. The summed E-state index contributed by atoms with van der Waals surface area (Å²) in [5, 5.41) is 6.79. The summed E-state index contributed by atoms with van der Waals surface area (Å²) in [6.45, 7) is 2.56. The van der Waals surface area contributed by atoms with Gasteiger partial charge in [0.15, 0.2) is 5.78 Å². The van der Waals surface area contributed by atoms with Crippen molar-refractivity contribution in [3.8, 4) is 16.3 Å². The summed E-state index contributed by atoms with van der Waals surface area (Å²) in [6, 6.07) is 6.90. The third kappa shape index (κ3) is 5.26. The van der Waals surface area contributed by atoms with Crippen LogP contribution in [0.3, 0.4) is 0 Å². The van der Waals surface area contributed by atoms with Crippen LogP contribution >= 0.6 is 11.3 Å². The molecule has 0 fully saturated rings. The van der Waals surface area contributed by atoms with E-state index in [1.165, 1.54) is 11.3 Å². The van der Waals surface area contributed by atoms with E-state index in [-0.39, 0.29) is 25.2 Å². The second kappa shape index (κ2) is 9.27. The zero-order valence-electron chi connectivity index (χ0n) is 15.8. The predicted molar refractivity (Wildman–Crippen MR) is 105 cm³/mol. The molecule has 0 N–H and O–H groups in total. The Morgan fingerprint density at radius 3 is 2.64 bits per heavy atom. The minimum atomic E-state index is -0.421. The zero-order chi connectivity index (χ0) is 19.9. The quantitative estimate of drug-likeness (QED) is 0.403. The number of hydrogen-bond acceptors (Lipinski definition) is 7. The third-order valence-electron chi connectivity index (χ3n) is 3.93. The van der Waals surface area contributed by atoms with E-state index in [9.17, 15) is 9.59 Å². The fourth-order valence-electron chi connectivity index (χ4n) is 2.53. The van der Waals surface area contributed by atoms with Crippen LogP contribution in [0.25, 0.3) is 10.6 Å². The van der Waals surface area contributed by atoms with Crippen LogP contribution in [0, 0.1) is 0 Å². The van der Waals surface area contributed by atoms with Crippen LogP contribution in [0.2, 0.25) is 0 Å². The molecule has 0 saturated carbocycles. The molecular weight excluding hydrogens is 378 g/mol. The lowest BCUT2D eigenvalue weighted by Crippen LogP contribution is -2.08. The number of thiazole rings is 1. The van der Waals surface area contributed by atoms with E-state index < -0.39 is 5.97 Å². The topological polar surface area (TPSA) is 83.3 Å². The lowest BCUT2D eigenvalue weighted by Gasteiger charge is -2.05. The van der Waals surface area contributed by atoms with Gasteiger partial charge in [0.25, 0.3) is 0 Å². The van der Waals surface area contributed by atoms with Gasteiger partial charge in [0.2, 0.25) is 0 Å². The van der Waals surface area contributed by atoms with Gasteiger partial charge in [-0.2, -0.15) is 5.10 Å². The molecule has 3 aromatic rings. The van der Waals surface area contributed by atoms with Gasteiger partial charge in [0, 0.05) is 36.2 Å². The molecule has 0 aliphatic heterocycles. The Balaban J connectivity index is 1.44. The minimum absolute atomic E-state index is 0.0334. The Kier molecular flexibility index (Phi) is 6.54. The Morgan fingerprint density at radius 1 is 1.18 bits per heavy atom. The van der Waals surface area contributed by atoms with Gasteiger partial charge in [-0.15, -0.1) is 11.3 Å². The van der Waals surface area contributed by atoms with Crippen molar-refractivity contribution < 1.29 is 19.1 Å². The fraction of sp³-hybridized carbons (Fsp3) is 0.300. The van der Waals surface area contributed by atoms with E-state index in [0.29, 0.717) is 23.6 Å². The number of aryl methyl sites for hydroxylation is 1. The van der Waals surface area contributed by atoms with Crippen molar-refractivity contribution in [2.24, 2.45) is 7.05 Å². The highest BCUT2D eigenvalue weighted by atomic mass is 32.1. The maximum Gasteiger partial charge on any atom is 0.306 e. The second-order valence-electron chi connectivity index (χ2n) is 6.09. The van der Waals surface area contributed by atoms with Crippen molar-refractivity contribution in [1.29, 1.82) is 0 Å². The maximum atomic E-state index is 12.2. The van der Waals surface area contributed by atoms with Crippen molar-refractivity contribution >= 4 is 23.1 Å². The van der Waals surface area contributed by atoms with E-state index in [4.69, 9.17) is 9.47 Å². The Hall–Kier alpha value is -3.00. The van der Waals surface area contributed by atoms with Crippen molar-refractivity contribution in [3.05, 3.63) is 53.3 Å². The summed E-state index contributed by atoms with van der Waals surface area (Å²) < 4.78 is 12.3. The van der Waals surface area contributed by atoms with Crippen LogP contribution in [0.4, 0.5) is 0 Å². The number of benzene rings is 1. The standard InChI is InChI=1S/C20H21N3O4S/c1-3-26-17-6-4-14(5-7-17)18(24)8-9-19(25)27-12-16-13-28-20(22-16)15-10-21-23(2)11-15/h4-7,10-11,13H,3,8-9,12H2,1-2H3. The Labute approximate surface area is 166 Å². The summed E-state index contributed by atoms with van der Waals surface area (Å²) in [5.41, 5.74) is 2.15. The van der Waals surface area contributed by atoms with Gasteiger partial charge in [-0.05, 0) is 31.2 Å². The van der Waals surface area contributed by atoms with Gasteiger partial charge in [-0.25, -0.2) is 4.98 Å². The van der Waals surface area contributed by atoms with Gasteiger partial charge in [-0.1, -0.05) is 0 Å². The number of ether oxygens (including phenoxy) is 2. The number of rotatable bonds is 9. The molecule has 0 aliphatic carbocycles. The number of ketones is 1. The lowest BCUT2D eigenvalue weighted by atomic mass is 10.1. The number of aromatic nitrogens is 3. The minimum Gasteiger partial charge on any atom is -0.494 e. The first kappa shape index (κ1) is 19.8. The highest BCUT2D eigenvalue weighted by Crippen LogP contribution is 2.23. The van der Waals surface area contributed by atoms with Crippen LogP contribution in [0.15, 0.2) is 42.0 Å². The van der Waals surface area contributed by atoms with Crippen molar-refractivity contribution in [1.82, 2.24) is 14.8 Å². The zero-order valence-corrected chi connectivity index (χ0v) is 16.6. The second-order valence-corrected chi connectivity index (χ2v) is 6.95. The van der Waals surface area contributed by atoms with E-state index in [0.717, 1.165) is 10.6 Å². The molecule has 28 heavy (non-hydrogen) atoms. The van der Waals surface area contributed by atoms with Crippen molar-refractivity contribution in [2.75, 3.05) is 6.61 Å². The molecule has 146 valence electrons. The van der Waals surface area contributed by atoms with E-state index >= 15 is 0 Å². The number of carbonyl (C=O) groups excluding carboxylic acids is 2. The molecule has 0 unspecified atom stereocenters. The van der Waals surface area contributed by atoms with Crippen LogP contribution in [-0.4, -0.2) is 33.1 Å². The molecule has 0 atom stereocenters. The predicted octanol–water partition coefficient (Wildman–Crippen LogP) is 3.65. The highest BCUT2D eigenvalue weighted by molar-refractivity contribution is 7.13. The lowest BCUT2D eigenvalue weighted by molar-refractivity contribution is -0.145. The van der Waals surface area contributed by atoms with Crippen molar-refractivity contribution in [3.63, 3.8) is 0 Å². The maximum absolute atomic E-state index is 12.2. The molecule has 0 amide bonds. The van der Waals surface area contributed by atoms with E-state index in [1.807, 2.05) is 25.5 Å². The van der Waals surface area contributed by atoms with Crippen molar-refractivity contribution in [2.45, 2.75) is 26.4 Å². The highest BCUT2D eigenvalue weighted by Gasteiger charge is 2.12. The van der Waals surface area contributed by atoms with Gasteiger partial charge < -0.3 is 9.47 Å². The molecule has 7 nitrogen and oxygen atoms in total. The van der Waals surface area contributed by atoms with Gasteiger partial charge in [0.1, 0.15) is 17.4 Å². The molecule has 0 saturated heterocycles. The Bertz CT molecular complexity index is 947. The molecule has 0 aliphatic rings. The molecular formula is C20H21N3O4S. The number of esters is 1. The first-order valence-corrected chi connectivity index (χ1v) is 9.78. The van der Waals surface area contributed by atoms with E-state index in [1.54, 1.807) is 35.1 Å². The smallest absolute Gasteiger partial charge is 0.306 e. The number of hydrogen-bond donors (Lipinski definition) is 0.